The lowest BCUT2D eigenvalue weighted by molar-refractivity contribution is 0.104. The van der Waals surface area contributed by atoms with Crippen LogP contribution in [0.25, 0.3) is 0 Å². The molecule has 0 radical (unpaired) electrons. The average molecular weight is 266 g/mol. The third-order valence-corrected chi connectivity index (χ3v) is 6.58. The molecule has 0 saturated heterocycles. The quantitative estimate of drug-likeness (QED) is 0.692. The van der Waals surface area contributed by atoms with Gasteiger partial charge in [-0.05, 0) is 39.3 Å². The molecule has 0 saturated carbocycles. The summed E-state index contributed by atoms with van der Waals surface area (Å²) in [5, 5.41) is 0. The molecule has 0 heterocycles. The molecular formula is C15H26O2Si. The first-order valence-corrected chi connectivity index (χ1v) is 9.10. The Labute approximate surface area is 113 Å². The highest BCUT2D eigenvalue weighted by atomic mass is 28.4. The van der Waals surface area contributed by atoms with E-state index in [4.69, 9.17) is 8.85 Å². The minimum atomic E-state index is -2.14. The predicted molar refractivity (Wildman–Crippen MR) is 78.8 cm³/mol. The van der Waals surface area contributed by atoms with Gasteiger partial charge in [-0.25, -0.2) is 0 Å². The van der Waals surface area contributed by atoms with Crippen molar-refractivity contribution in [2.45, 2.75) is 58.9 Å². The van der Waals surface area contributed by atoms with Crippen LogP contribution in [0.1, 0.15) is 40.2 Å². The van der Waals surface area contributed by atoms with Crippen LogP contribution in [0.15, 0.2) is 30.3 Å². The molecule has 18 heavy (non-hydrogen) atoms. The molecule has 0 spiro atoms. The van der Waals surface area contributed by atoms with Gasteiger partial charge in [-0.3, -0.25) is 0 Å². The molecule has 1 aromatic carbocycles. The van der Waals surface area contributed by atoms with Crippen molar-refractivity contribution < 1.29 is 8.85 Å². The van der Waals surface area contributed by atoms with E-state index in [0.717, 1.165) is 12.1 Å². The molecule has 0 atom stereocenters. The predicted octanol–water partition coefficient (Wildman–Crippen LogP) is 4.08. The maximum absolute atomic E-state index is 6.22. The molecule has 0 bridgehead atoms. The fraction of sp³-hybridized carbons (Fsp3) is 0.600. The molecule has 0 amide bonds. The molecule has 3 heteroatoms. The Morgan fingerprint density at radius 1 is 0.944 bits per heavy atom. The van der Waals surface area contributed by atoms with Crippen LogP contribution in [0.4, 0.5) is 0 Å². The summed E-state index contributed by atoms with van der Waals surface area (Å²) < 4.78 is 12.4. The Kier molecular flexibility index (Phi) is 6.06. The molecule has 102 valence electrons. The molecule has 1 aromatic rings. The van der Waals surface area contributed by atoms with Crippen molar-refractivity contribution in [3.05, 3.63) is 35.9 Å². The second-order valence-electron chi connectivity index (χ2n) is 5.26. The van der Waals surface area contributed by atoms with Crippen LogP contribution in [0.5, 0.6) is 0 Å². The molecular weight excluding hydrogens is 240 g/mol. The van der Waals surface area contributed by atoms with Gasteiger partial charge in [-0.1, -0.05) is 37.3 Å². The minimum absolute atomic E-state index is 0.221. The van der Waals surface area contributed by atoms with E-state index in [1.165, 1.54) is 5.56 Å². The Morgan fingerprint density at radius 3 is 1.83 bits per heavy atom. The largest absolute Gasteiger partial charge is 0.392 e. The average Bonchev–Trinajstić information content (AvgIpc) is 2.28. The number of rotatable bonds is 7. The van der Waals surface area contributed by atoms with Gasteiger partial charge in [0.25, 0.3) is 0 Å². The van der Waals surface area contributed by atoms with Crippen LogP contribution in [0.2, 0.25) is 6.04 Å². The summed E-state index contributed by atoms with van der Waals surface area (Å²) in [6, 6.07) is 12.4. The summed E-state index contributed by atoms with van der Waals surface area (Å²) in [6.07, 6.45) is 0.443. The maximum Gasteiger partial charge on any atom is 0.342 e. The molecule has 0 aliphatic heterocycles. The van der Waals surface area contributed by atoms with Crippen molar-refractivity contribution >= 4 is 8.56 Å². The third-order valence-electron chi connectivity index (χ3n) is 2.76. The topological polar surface area (TPSA) is 18.5 Å². The van der Waals surface area contributed by atoms with Gasteiger partial charge in [0.15, 0.2) is 0 Å². The first-order chi connectivity index (χ1) is 8.47. The summed E-state index contributed by atoms with van der Waals surface area (Å²) in [7, 11) is -2.14. The summed E-state index contributed by atoms with van der Waals surface area (Å²) >= 11 is 0. The SMILES string of the molecule is CC[Si](Cc1ccccc1)(OC(C)C)OC(C)C. The van der Waals surface area contributed by atoms with Crippen molar-refractivity contribution in [3.63, 3.8) is 0 Å². The Balaban J connectivity index is 2.87. The van der Waals surface area contributed by atoms with E-state index < -0.39 is 8.56 Å². The lowest BCUT2D eigenvalue weighted by Crippen LogP contribution is -2.48. The zero-order valence-corrected chi connectivity index (χ0v) is 13.3. The van der Waals surface area contributed by atoms with Crippen LogP contribution in [-0.4, -0.2) is 20.8 Å². The monoisotopic (exact) mass is 266 g/mol. The normalized spacial score (nSPS) is 12.4. The summed E-state index contributed by atoms with van der Waals surface area (Å²) in [6.45, 7) is 10.5. The van der Waals surface area contributed by atoms with Crippen molar-refractivity contribution in [3.8, 4) is 0 Å². The molecule has 0 fully saturated rings. The van der Waals surface area contributed by atoms with Gasteiger partial charge in [0, 0.05) is 18.3 Å². The molecule has 0 aliphatic rings. The van der Waals surface area contributed by atoms with Crippen LogP contribution >= 0.6 is 0 Å². The molecule has 2 nitrogen and oxygen atoms in total. The van der Waals surface area contributed by atoms with Gasteiger partial charge in [0.1, 0.15) is 0 Å². The van der Waals surface area contributed by atoms with E-state index in [1.54, 1.807) is 0 Å². The number of hydrogen-bond donors (Lipinski definition) is 0. The van der Waals surface area contributed by atoms with Gasteiger partial charge < -0.3 is 8.85 Å². The van der Waals surface area contributed by atoms with Crippen LogP contribution in [-0.2, 0) is 14.9 Å². The lowest BCUT2D eigenvalue weighted by Gasteiger charge is -2.33. The summed E-state index contributed by atoms with van der Waals surface area (Å²) in [5.74, 6) is 0. The van der Waals surface area contributed by atoms with E-state index in [1.807, 2.05) is 6.07 Å². The van der Waals surface area contributed by atoms with E-state index in [0.29, 0.717) is 0 Å². The Bertz CT molecular complexity index is 326. The first kappa shape index (κ1) is 15.4. The highest BCUT2D eigenvalue weighted by Crippen LogP contribution is 2.23. The third kappa shape index (κ3) is 4.92. The second-order valence-corrected chi connectivity index (χ2v) is 8.61. The van der Waals surface area contributed by atoms with Crippen molar-refractivity contribution in [1.29, 1.82) is 0 Å². The standard InChI is InChI=1S/C15H26O2Si/c1-6-18(16-13(2)3,17-14(4)5)12-15-10-8-7-9-11-15/h7-11,13-14H,6,12H2,1-5H3. The van der Waals surface area contributed by atoms with Gasteiger partial charge in [-0.2, -0.15) is 0 Å². The van der Waals surface area contributed by atoms with Crippen LogP contribution in [0.3, 0.4) is 0 Å². The molecule has 0 unspecified atom stereocenters. The summed E-state index contributed by atoms with van der Waals surface area (Å²) in [5.41, 5.74) is 1.31. The summed E-state index contributed by atoms with van der Waals surface area (Å²) in [4.78, 5) is 0. The number of hydrogen-bond acceptors (Lipinski definition) is 2. The fourth-order valence-electron chi connectivity index (χ4n) is 2.17. The van der Waals surface area contributed by atoms with Crippen LogP contribution in [0, 0.1) is 0 Å². The zero-order chi connectivity index (χ0) is 13.6. The Hall–Kier alpha value is -0.643. The van der Waals surface area contributed by atoms with Gasteiger partial charge in [0.2, 0.25) is 0 Å². The smallest absolute Gasteiger partial charge is 0.342 e. The van der Waals surface area contributed by atoms with Crippen molar-refractivity contribution in [1.82, 2.24) is 0 Å². The van der Waals surface area contributed by atoms with E-state index in [2.05, 4.69) is 58.9 Å². The lowest BCUT2D eigenvalue weighted by atomic mass is 10.2. The maximum atomic E-state index is 6.22. The Morgan fingerprint density at radius 2 is 1.44 bits per heavy atom. The fourth-order valence-corrected chi connectivity index (χ4v) is 5.55. The van der Waals surface area contributed by atoms with Crippen molar-refractivity contribution in [2.75, 3.05) is 0 Å². The number of benzene rings is 1. The van der Waals surface area contributed by atoms with Gasteiger partial charge in [0.05, 0.1) is 0 Å². The molecule has 0 aliphatic carbocycles. The highest BCUT2D eigenvalue weighted by molar-refractivity contribution is 6.66. The van der Waals surface area contributed by atoms with Crippen molar-refractivity contribution in [2.24, 2.45) is 0 Å². The van der Waals surface area contributed by atoms with E-state index >= 15 is 0 Å². The second kappa shape index (κ2) is 7.07. The van der Waals surface area contributed by atoms with Crippen LogP contribution < -0.4 is 0 Å². The zero-order valence-electron chi connectivity index (χ0n) is 12.3. The molecule has 1 rings (SSSR count). The van der Waals surface area contributed by atoms with Gasteiger partial charge >= 0.3 is 8.56 Å². The molecule has 0 aromatic heterocycles. The van der Waals surface area contributed by atoms with E-state index in [-0.39, 0.29) is 12.2 Å². The minimum Gasteiger partial charge on any atom is -0.392 e. The first-order valence-electron chi connectivity index (χ1n) is 6.87. The van der Waals surface area contributed by atoms with Gasteiger partial charge in [-0.15, -0.1) is 0 Å². The molecule has 0 N–H and O–H groups in total. The highest BCUT2D eigenvalue weighted by Gasteiger charge is 2.37. The van der Waals surface area contributed by atoms with E-state index in [9.17, 15) is 0 Å².